The molecule has 0 bridgehead atoms. The average molecular weight is 185 g/mol. The number of alkyl halides is 1. The average Bonchev–Trinajstić information content (AvgIpc) is 2.00. The van der Waals surface area contributed by atoms with E-state index in [1.165, 1.54) is 0 Å². The maximum absolute atomic E-state index is 10.6. The van der Waals surface area contributed by atoms with Crippen molar-refractivity contribution in [3.63, 3.8) is 0 Å². The van der Waals surface area contributed by atoms with Crippen LogP contribution in [0, 0.1) is 0 Å². The zero-order chi connectivity index (χ0) is 8.15. The lowest BCUT2D eigenvalue weighted by molar-refractivity contribution is -0.146. The van der Waals surface area contributed by atoms with Gasteiger partial charge >= 0.3 is 5.97 Å². The molecule has 10 heavy (non-hydrogen) atoms. The van der Waals surface area contributed by atoms with Crippen LogP contribution >= 0.6 is 23.5 Å². The molecule has 0 rings (SSSR count). The minimum absolute atomic E-state index is 0.381. The Balaban J connectivity index is 3.95. The van der Waals surface area contributed by atoms with Gasteiger partial charge in [0.1, 0.15) is 17.2 Å². The Hall–Kier alpha value is -0.280. The van der Waals surface area contributed by atoms with E-state index in [9.17, 15) is 9.59 Å². The van der Waals surface area contributed by atoms with Crippen LogP contribution in [-0.4, -0.2) is 17.1 Å². The highest BCUT2D eigenvalue weighted by atomic mass is 35.5. The molecule has 1 atom stereocenters. The van der Waals surface area contributed by atoms with E-state index < -0.39 is 17.1 Å². The molecule has 0 aliphatic carbocycles. The molecule has 0 N–H and O–H groups in total. The van der Waals surface area contributed by atoms with Gasteiger partial charge in [0.15, 0.2) is 0 Å². The number of halogens is 2. The number of hydrogen-bond donors (Lipinski definition) is 0. The minimum atomic E-state index is -1.11. The fourth-order valence-corrected chi connectivity index (χ4v) is 0.516. The zero-order valence-corrected chi connectivity index (χ0v) is 6.78. The van der Waals surface area contributed by atoms with Gasteiger partial charge in [-0.3, -0.25) is 4.79 Å². The summed E-state index contributed by atoms with van der Waals surface area (Å²) in [5.41, 5.74) is 0. The molecular weight excluding hydrogens is 179 g/mol. The lowest BCUT2D eigenvalue weighted by Gasteiger charge is -1.99. The molecular formula is C5H6Cl2O3. The smallest absolute Gasteiger partial charge is 0.341 e. The van der Waals surface area contributed by atoms with E-state index in [1.807, 2.05) is 0 Å². The molecule has 0 radical (unpaired) electrons. The number of rotatable bonds is 3. The third-order valence-corrected chi connectivity index (χ3v) is 1.56. The summed E-state index contributed by atoms with van der Waals surface area (Å²) in [4.78, 5) is 20.9. The second-order valence-electron chi connectivity index (χ2n) is 1.60. The normalized spacial score (nSPS) is 12.3. The SMILES string of the molecule is CCC(Cl)C(=O)C(=O)OCl. The largest absolute Gasteiger partial charge is 0.394 e. The van der Waals surface area contributed by atoms with Crippen LogP contribution in [0.3, 0.4) is 0 Å². The van der Waals surface area contributed by atoms with Crippen molar-refractivity contribution < 1.29 is 13.9 Å². The Bertz CT molecular complexity index is 146. The Labute approximate surface area is 68.4 Å². The van der Waals surface area contributed by atoms with E-state index in [-0.39, 0.29) is 0 Å². The van der Waals surface area contributed by atoms with Gasteiger partial charge < -0.3 is 4.29 Å². The predicted molar refractivity (Wildman–Crippen MR) is 36.9 cm³/mol. The molecule has 3 nitrogen and oxygen atoms in total. The second kappa shape index (κ2) is 4.52. The number of carbonyl (C=O) groups excluding carboxylic acids is 2. The molecule has 0 heterocycles. The van der Waals surface area contributed by atoms with Gasteiger partial charge in [-0.15, -0.1) is 11.6 Å². The van der Waals surface area contributed by atoms with E-state index in [4.69, 9.17) is 11.6 Å². The lowest BCUT2D eigenvalue weighted by atomic mass is 10.2. The summed E-state index contributed by atoms with van der Waals surface area (Å²) in [7, 11) is 0. The molecule has 58 valence electrons. The van der Waals surface area contributed by atoms with E-state index in [0.717, 1.165) is 0 Å². The summed E-state index contributed by atoms with van der Waals surface area (Å²) >= 11 is 10.00. The fraction of sp³-hybridized carbons (Fsp3) is 0.600. The van der Waals surface area contributed by atoms with Gasteiger partial charge in [-0.1, -0.05) is 6.92 Å². The number of carbonyl (C=O) groups is 2. The first-order valence-corrected chi connectivity index (χ1v) is 3.38. The minimum Gasteiger partial charge on any atom is -0.341 e. The van der Waals surface area contributed by atoms with Crippen molar-refractivity contribution in [2.45, 2.75) is 18.7 Å². The van der Waals surface area contributed by atoms with E-state index in [1.54, 1.807) is 6.92 Å². The van der Waals surface area contributed by atoms with Gasteiger partial charge in [0.2, 0.25) is 0 Å². The molecule has 0 fully saturated rings. The molecule has 0 aromatic rings. The molecule has 0 aromatic heterocycles. The summed E-state index contributed by atoms with van der Waals surface area (Å²) in [6.07, 6.45) is 0.381. The lowest BCUT2D eigenvalue weighted by Crippen LogP contribution is -2.23. The summed E-state index contributed by atoms with van der Waals surface area (Å²) in [5, 5.41) is -0.828. The molecule has 0 amide bonds. The third kappa shape index (κ3) is 2.54. The molecule has 0 aliphatic rings. The number of hydrogen-bond acceptors (Lipinski definition) is 3. The van der Waals surface area contributed by atoms with Crippen molar-refractivity contribution in [2.24, 2.45) is 0 Å². The second-order valence-corrected chi connectivity index (χ2v) is 2.29. The van der Waals surface area contributed by atoms with Crippen LogP contribution in [-0.2, 0) is 13.9 Å². The standard InChI is InChI=1S/C5H6Cl2O3/c1-2-3(6)4(8)5(9)10-7/h3H,2H2,1H3. The van der Waals surface area contributed by atoms with Crippen molar-refractivity contribution in [3.05, 3.63) is 0 Å². The molecule has 0 aromatic carbocycles. The molecule has 1 unspecified atom stereocenters. The van der Waals surface area contributed by atoms with Crippen molar-refractivity contribution in [1.82, 2.24) is 0 Å². The maximum Gasteiger partial charge on any atom is 0.394 e. The van der Waals surface area contributed by atoms with E-state index in [0.29, 0.717) is 6.42 Å². The first kappa shape index (κ1) is 9.72. The van der Waals surface area contributed by atoms with E-state index >= 15 is 0 Å². The maximum atomic E-state index is 10.6. The molecule has 0 saturated heterocycles. The quantitative estimate of drug-likeness (QED) is 0.491. The Morgan fingerprint density at radius 1 is 1.60 bits per heavy atom. The zero-order valence-electron chi connectivity index (χ0n) is 5.27. The van der Waals surface area contributed by atoms with Crippen LogP contribution < -0.4 is 0 Å². The van der Waals surface area contributed by atoms with Crippen LogP contribution in [0.2, 0.25) is 0 Å². The van der Waals surface area contributed by atoms with Gasteiger partial charge in [-0.25, -0.2) is 4.79 Å². The van der Waals surface area contributed by atoms with Crippen LogP contribution in [0.15, 0.2) is 0 Å². The monoisotopic (exact) mass is 184 g/mol. The molecule has 0 aliphatic heterocycles. The van der Waals surface area contributed by atoms with Crippen LogP contribution in [0.1, 0.15) is 13.3 Å². The Kier molecular flexibility index (Phi) is 4.40. The molecule has 0 saturated carbocycles. The molecule has 0 spiro atoms. The first-order chi connectivity index (χ1) is 4.63. The highest BCUT2D eigenvalue weighted by molar-refractivity contribution is 6.49. The van der Waals surface area contributed by atoms with Crippen LogP contribution in [0.25, 0.3) is 0 Å². The van der Waals surface area contributed by atoms with Crippen LogP contribution in [0.5, 0.6) is 0 Å². The third-order valence-electron chi connectivity index (χ3n) is 0.914. The van der Waals surface area contributed by atoms with Crippen molar-refractivity contribution in [1.29, 1.82) is 0 Å². The Morgan fingerprint density at radius 2 is 2.10 bits per heavy atom. The highest BCUT2D eigenvalue weighted by Crippen LogP contribution is 2.03. The summed E-state index contributed by atoms with van der Waals surface area (Å²) in [6, 6.07) is 0. The van der Waals surface area contributed by atoms with Gasteiger partial charge in [-0.05, 0) is 6.42 Å². The van der Waals surface area contributed by atoms with Gasteiger partial charge in [0.05, 0.1) is 0 Å². The van der Waals surface area contributed by atoms with Gasteiger partial charge in [0, 0.05) is 0 Å². The van der Waals surface area contributed by atoms with E-state index in [2.05, 4.69) is 16.2 Å². The van der Waals surface area contributed by atoms with Crippen molar-refractivity contribution in [2.75, 3.05) is 0 Å². The van der Waals surface area contributed by atoms with Gasteiger partial charge in [0.25, 0.3) is 5.78 Å². The topological polar surface area (TPSA) is 43.4 Å². The summed E-state index contributed by atoms with van der Waals surface area (Å²) in [6.45, 7) is 1.68. The highest BCUT2D eigenvalue weighted by Gasteiger charge is 2.22. The van der Waals surface area contributed by atoms with Crippen LogP contribution in [0.4, 0.5) is 0 Å². The summed E-state index contributed by atoms with van der Waals surface area (Å²) < 4.78 is 3.63. The number of Topliss-reactive ketones (excluding diaryl/α,β-unsaturated/α-hetero) is 1. The van der Waals surface area contributed by atoms with Gasteiger partial charge in [-0.2, -0.15) is 0 Å². The first-order valence-electron chi connectivity index (χ1n) is 2.64. The predicted octanol–water partition coefficient (Wildman–Crippen LogP) is 1.27. The van der Waals surface area contributed by atoms with Crippen molar-refractivity contribution >= 4 is 35.2 Å². The summed E-state index contributed by atoms with van der Waals surface area (Å²) in [5.74, 6) is -1.91. The molecule has 5 heteroatoms. The number of ketones is 1. The Morgan fingerprint density at radius 3 is 2.40 bits per heavy atom. The fourth-order valence-electron chi connectivity index (χ4n) is 0.351. The van der Waals surface area contributed by atoms with Crippen molar-refractivity contribution in [3.8, 4) is 0 Å².